The van der Waals surface area contributed by atoms with Crippen LogP contribution in [0.5, 0.6) is 0 Å². The number of carbonyl (C=O) groups is 2. The van der Waals surface area contributed by atoms with Crippen LogP contribution in [0.15, 0.2) is 40.6 Å². The summed E-state index contributed by atoms with van der Waals surface area (Å²) < 4.78 is 25.3. The molecule has 0 spiro atoms. The van der Waals surface area contributed by atoms with E-state index < -0.39 is 9.84 Å². The lowest BCUT2D eigenvalue weighted by Crippen LogP contribution is -2.25. The Bertz CT molecular complexity index is 953. The maximum Gasteiger partial charge on any atom is 0.224 e. The Morgan fingerprint density at radius 3 is 2.83 bits per heavy atom. The van der Waals surface area contributed by atoms with Crippen molar-refractivity contribution in [3.63, 3.8) is 0 Å². The van der Waals surface area contributed by atoms with Crippen molar-refractivity contribution in [1.82, 2.24) is 5.32 Å². The number of benzene rings is 1. The van der Waals surface area contributed by atoms with Crippen molar-refractivity contribution in [2.24, 2.45) is 0 Å². The van der Waals surface area contributed by atoms with Crippen molar-refractivity contribution in [3.8, 4) is 0 Å². The molecule has 0 bridgehead atoms. The van der Waals surface area contributed by atoms with Gasteiger partial charge in [-0.15, -0.1) is 11.3 Å². The van der Waals surface area contributed by atoms with Crippen LogP contribution in [0.4, 0.5) is 5.69 Å². The van der Waals surface area contributed by atoms with Crippen molar-refractivity contribution in [2.45, 2.75) is 49.8 Å². The van der Waals surface area contributed by atoms with Gasteiger partial charge in [-0.1, -0.05) is 6.07 Å². The van der Waals surface area contributed by atoms with Crippen molar-refractivity contribution in [1.29, 1.82) is 0 Å². The zero-order valence-electron chi connectivity index (χ0n) is 16.3. The highest BCUT2D eigenvalue weighted by Gasteiger charge is 2.19. The molecule has 0 atom stereocenters. The first-order valence-corrected chi connectivity index (χ1v) is 12.4. The zero-order chi connectivity index (χ0) is 20.7. The molecule has 1 aromatic carbocycles. The zero-order valence-corrected chi connectivity index (χ0v) is 17.9. The summed E-state index contributed by atoms with van der Waals surface area (Å²) in [6, 6.07) is 8.93. The molecule has 1 aliphatic heterocycles. The fourth-order valence-corrected chi connectivity index (χ4v) is 5.43. The number of fused-ring (bicyclic) bond motifs is 1. The molecule has 3 rings (SSSR count). The molecule has 156 valence electrons. The third kappa shape index (κ3) is 6.40. The summed E-state index contributed by atoms with van der Waals surface area (Å²) in [6.45, 7) is 0.601. The number of thiophene rings is 1. The Labute approximate surface area is 175 Å². The molecule has 0 saturated carbocycles. The first kappa shape index (κ1) is 21.5. The van der Waals surface area contributed by atoms with E-state index in [9.17, 15) is 18.0 Å². The van der Waals surface area contributed by atoms with Crippen molar-refractivity contribution >= 4 is 38.7 Å². The van der Waals surface area contributed by atoms with Gasteiger partial charge >= 0.3 is 0 Å². The maximum absolute atomic E-state index is 12.6. The molecule has 2 amide bonds. The number of hydrogen-bond donors (Lipinski definition) is 2. The summed E-state index contributed by atoms with van der Waals surface area (Å²) in [5.74, 6) is -0.0617. The van der Waals surface area contributed by atoms with Crippen molar-refractivity contribution in [3.05, 3.63) is 46.2 Å². The topological polar surface area (TPSA) is 92.3 Å². The average molecular weight is 435 g/mol. The number of anilines is 1. The number of nitrogens with one attached hydrogen (secondary N) is 2. The van der Waals surface area contributed by atoms with Gasteiger partial charge in [0, 0.05) is 30.0 Å². The van der Waals surface area contributed by atoms with Gasteiger partial charge in [0.25, 0.3) is 0 Å². The normalized spacial score (nSPS) is 14.0. The summed E-state index contributed by atoms with van der Waals surface area (Å²) in [6.07, 6.45) is 3.96. The number of hydrogen-bond acceptors (Lipinski definition) is 5. The average Bonchev–Trinajstić information content (AvgIpc) is 3.12. The Kier molecular flexibility index (Phi) is 7.44. The number of sulfone groups is 1. The van der Waals surface area contributed by atoms with Crippen LogP contribution < -0.4 is 10.6 Å². The second kappa shape index (κ2) is 10.0. The van der Waals surface area contributed by atoms with Crippen LogP contribution in [0.1, 0.15) is 42.5 Å². The van der Waals surface area contributed by atoms with Gasteiger partial charge in [-0.05, 0) is 67.3 Å². The summed E-state index contributed by atoms with van der Waals surface area (Å²) in [4.78, 5) is 25.0. The first-order valence-electron chi connectivity index (χ1n) is 9.89. The molecule has 29 heavy (non-hydrogen) atoms. The Morgan fingerprint density at radius 1 is 1.17 bits per heavy atom. The van der Waals surface area contributed by atoms with Crippen LogP contribution in [0.2, 0.25) is 0 Å². The Balaban J connectivity index is 1.43. The fraction of sp³-hybridized carbons (Fsp3) is 0.429. The standard InChI is InChI=1S/C21H26N2O4S2/c24-20(22-12-11-17-6-4-13-28-17)7-1-2-14-29(26,27)18-9-10-19-16(15-18)5-3-8-21(25)23-19/h4,6,9-10,13,15H,1-3,5,7-8,11-12,14H2,(H,22,24)(H,23,25). The predicted molar refractivity (Wildman–Crippen MR) is 115 cm³/mol. The molecule has 0 fully saturated rings. The lowest BCUT2D eigenvalue weighted by atomic mass is 10.1. The van der Waals surface area contributed by atoms with E-state index in [4.69, 9.17) is 0 Å². The van der Waals surface area contributed by atoms with Crippen LogP contribution in [0, 0.1) is 0 Å². The van der Waals surface area contributed by atoms with E-state index >= 15 is 0 Å². The molecular formula is C21H26N2O4S2. The third-order valence-electron chi connectivity index (χ3n) is 4.90. The highest BCUT2D eigenvalue weighted by Crippen LogP contribution is 2.26. The van der Waals surface area contributed by atoms with Gasteiger partial charge in [0.2, 0.25) is 11.8 Å². The number of unbranched alkanes of at least 4 members (excludes halogenated alkanes) is 1. The molecule has 8 heteroatoms. The van der Waals surface area contributed by atoms with Gasteiger partial charge in [0.15, 0.2) is 9.84 Å². The largest absolute Gasteiger partial charge is 0.356 e. The van der Waals surface area contributed by atoms with Crippen LogP contribution in [-0.4, -0.2) is 32.5 Å². The second-order valence-electron chi connectivity index (χ2n) is 7.18. The summed E-state index contributed by atoms with van der Waals surface area (Å²) in [5, 5.41) is 7.70. The molecule has 0 aliphatic carbocycles. The summed E-state index contributed by atoms with van der Waals surface area (Å²) >= 11 is 1.67. The molecular weight excluding hydrogens is 408 g/mol. The van der Waals surface area contributed by atoms with Crippen LogP contribution in [0.25, 0.3) is 0 Å². The molecule has 6 nitrogen and oxygen atoms in total. The molecule has 2 aromatic rings. The lowest BCUT2D eigenvalue weighted by molar-refractivity contribution is -0.121. The Hall–Kier alpha value is -2.19. The van der Waals surface area contributed by atoms with E-state index in [1.54, 1.807) is 29.5 Å². The molecule has 0 saturated heterocycles. The van der Waals surface area contributed by atoms with Gasteiger partial charge < -0.3 is 10.6 Å². The number of amides is 2. The molecule has 2 heterocycles. The minimum absolute atomic E-state index is 0.0145. The van der Waals surface area contributed by atoms with E-state index in [2.05, 4.69) is 10.6 Å². The van der Waals surface area contributed by atoms with E-state index in [1.165, 1.54) is 4.88 Å². The van der Waals surface area contributed by atoms with Crippen LogP contribution in [0.3, 0.4) is 0 Å². The van der Waals surface area contributed by atoms with E-state index in [0.717, 1.165) is 12.0 Å². The molecule has 1 aromatic heterocycles. The molecule has 2 N–H and O–H groups in total. The maximum atomic E-state index is 12.6. The fourth-order valence-electron chi connectivity index (χ4n) is 3.31. The minimum atomic E-state index is -3.41. The highest BCUT2D eigenvalue weighted by molar-refractivity contribution is 7.91. The quantitative estimate of drug-likeness (QED) is 0.592. The van der Waals surface area contributed by atoms with E-state index in [-0.39, 0.29) is 22.5 Å². The summed E-state index contributed by atoms with van der Waals surface area (Å²) in [5.41, 5.74) is 1.56. The van der Waals surface area contributed by atoms with E-state index in [0.29, 0.717) is 50.8 Å². The molecule has 1 aliphatic rings. The van der Waals surface area contributed by atoms with Gasteiger partial charge in [-0.2, -0.15) is 0 Å². The molecule has 0 radical (unpaired) electrons. The SMILES string of the molecule is O=C(CCCCS(=O)(=O)c1ccc2c(c1)CCCC(=O)N2)NCCc1cccs1. The van der Waals surface area contributed by atoms with Gasteiger partial charge in [0.05, 0.1) is 10.6 Å². The van der Waals surface area contributed by atoms with Gasteiger partial charge in [0.1, 0.15) is 0 Å². The predicted octanol–water partition coefficient (Wildman–Crippen LogP) is 3.33. The first-order chi connectivity index (χ1) is 13.9. The minimum Gasteiger partial charge on any atom is -0.356 e. The lowest BCUT2D eigenvalue weighted by Gasteiger charge is -2.10. The van der Waals surface area contributed by atoms with E-state index in [1.807, 2.05) is 17.5 Å². The van der Waals surface area contributed by atoms with Crippen molar-refractivity contribution in [2.75, 3.05) is 17.6 Å². The second-order valence-corrected chi connectivity index (χ2v) is 10.3. The van der Waals surface area contributed by atoms with Gasteiger partial charge in [-0.3, -0.25) is 9.59 Å². The highest BCUT2D eigenvalue weighted by atomic mass is 32.2. The van der Waals surface area contributed by atoms with Crippen LogP contribution >= 0.6 is 11.3 Å². The third-order valence-corrected chi connectivity index (χ3v) is 7.63. The van der Waals surface area contributed by atoms with Crippen molar-refractivity contribution < 1.29 is 18.0 Å². The number of rotatable bonds is 9. The van der Waals surface area contributed by atoms with Gasteiger partial charge in [-0.25, -0.2) is 8.42 Å². The number of carbonyl (C=O) groups excluding carboxylic acids is 2. The molecule has 0 unspecified atom stereocenters. The smallest absolute Gasteiger partial charge is 0.224 e. The van der Waals surface area contributed by atoms with Crippen LogP contribution in [-0.2, 0) is 32.3 Å². The monoisotopic (exact) mass is 434 g/mol. The Morgan fingerprint density at radius 2 is 2.03 bits per heavy atom. The number of aryl methyl sites for hydroxylation is 1. The summed E-state index contributed by atoms with van der Waals surface area (Å²) in [7, 11) is -3.41.